The van der Waals surface area contributed by atoms with Crippen LogP contribution in [0, 0.1) is 0 Å². The van der Waals surface area contributed by atoms with Crippen molar-refractivity contribution >= 4 is 39.5 Å². The number of rotatable bonds is 3. The number of alkyl halides is 3. The van der Waals surface area contributed by atoms with Crippen molar-refractivity contribution < 1.29 is 32.4 Å². The fourth-order valence-electron chi connectivity index (χ4n) is 4.38. The number of carboxylic acids is 1. The Kier molecular flexibility index (Phi) is 7.77. The summed E-state index contributed by atoms with van der Waals surface area (Å²) in [4.78, 5) is 37.1. The van der Waals surface area contributed by atoms with Gasteiger partial charge in [0.2, 0.25) is 11.7 Å². The molecule has 41 heavy (non-hydrogen) atoms. The third-order valence-corrected chi connectivity index (χ3v) is 6.50. The molecule has 2 aromatic carbocycles. The van der Waals surface area contributed by atoms with Crippen LogP contribution in [-0.2, 0) is 4.79 Å². The maximum atomic E-state index is 12.8. The molecule has 2 N–H and O–H groups in total. The maximum absolute atomic E-state index is 12.8. The summed E-state index contributed by atoms with van der Waals surface area (Å²) in [5.41, 5.74) is 3.25. The SMILES string of the molecule is O=C(Nc1ccc2ncccc2c1)N1CCC(c2nc(-c3ccc4ccccc4n3)no2)CC1.O=C(O)C(F)(F)F. The van der Waals surface area contributed by atoms with Gasteiger partial charge in [-0.15, -0.1) is 0 Å². The summed E-state index contributed by atoms with van der Waals surface area (Å²) in [5.74, 6) is -1.54. The van der Waals surface area contributed by atoms with E-state index in [1.54, 1.807) is 6.20 Å². The molecule has 1 fully saturated rings. The van der Waals surface area contributed by atoms with Gasteiger partial charge in [-0.25, -0.2) is 14.6 Å². The van der Waals surface area contributed by atoms with Crippen LogP contribution in [0.2, 0.25) is 0 Å². The summed E-state index contributed by atoms with van der Waals surface area (Å²) in [5, 5.41) is 16.3. The molecule has 0 spiro atoms. The number of halogens is 3. The standard InChI is InChI=1S/C26H22N6O2.C2HF3O2/c33-26(28-20-8-10-21-19(16-20)5-3-13-27-21)32-14-11-18(12-15-32)25-30-24(31-34-25)23-9-7-17-4-1-2-6-22(17)29-23;3-2(4,5)1(6)7/h1-10,13,16,18H,11-12,14-15H2,(H,28,33);(H,6,7). The molecule has 0 aliphatic carbocycles. The molecule has 5 aromatic rings. The van der Waals surface area contributed by atoms with Gasteiger partial charge in [0.15, 0.2) is 0 Å². The molecular weight excluding hydrogens is 541 g/mol. The predicted molar refractivity (Wildman–Crippen MR) is 143 cm³/mol. The molecule has 210 valence electrons. The minimum atomic E-state index is -5.08. The summed E-state index contributed by atoms with van der Waals surface area (Å²) in [7, 11) is 0. The highest BCUT2D eigenvalue weighted by atomic mass is 19.4. The quantitative estimate of drug-likeness (QED) is 0.278. The molecule has 4 heterocycles. The lowest BCUT2D eigenvalue weighted by Crippen LogP contribution is -2.40. The molecular formula is C28H23F3N6O4. The lowest BCUT2D eigenvalue weighted by Gasteiger charge is -2.30. The number of urea groups is 1. The molecule has 6 rings (SSSR count). The van der Waals surface area contributed by atoms with Gasteiger partial charge in [0.1, 0.15) is 5.69 Å². The molecule has 0 bridgehead atoms. The molecule has 0 saturated carbocycles. The molecule has 10 nitrogen and oxygen atoms in total. The van der Waals surface area contributed by atoms with Gasteiger partial charge in [0.25, 0.3) is 0 Å². The van der Waals surface area contributed by atoms with Gasteiger partial charge in [0, 0.05) is 41.7 Å². The largest absolute Gasteiger partial charge is 0.490 e. The van der Waals surface area contributed by atoms with Crippen molar-refractivity contribution in [2.45, 2.75) is 24.9 Å². The number of carbonyl (C=O) groups is 2. The van der Waals surface area contributed by atoms with E-state index in [1.165, 1.54) is 0 Å². The van der Waals surface area contributed by atoms with Crippen molar-refractivity contribution in [3.05, 3.63) is 78.8 Å². The fourth-order valence-corrected chi connectivity index (χ4v) is 4.38. The first-order chi connectivity index (χ1) is 19.7. The maximum Gasteiger partial charge on any atom is 0.490 e. The minimum absolute atomic E-state index is 0.103. The highest BCUT2D eigenvalue weighted by Gasteiger charge is 2.38. The number of para-hydroxylation sites is 1. The Hall–Kier alpha value is -5.07. The first-order valence-corrected chi connectivity index (χ1v) is 12.6. The number of likely N-dealkylation sites (tertiary alicyclic amines) is 1. The number of piperidine rings is 1. The van der Waals surface area contributed by atoms with Gasteiger partial charge in [-0.05, 0) is 49.2 Å². The van der Waals surface area contributed by atoms with E-state index in [4.69, 9.17) is 14.4 Å². The number of hydrogen-bond acceptors (Lipinski definition) is 7. The highest BCUT2D eigenvalue weighted by molar-refractivity contribution is 5.92. The van der Waals surface area contributed by atoms with Gasteiger partial charge in [0.05, 0.1) is 11.0 Å². The van der Waals surface area contributed by atoms with E-state index in [1.807, 2.05) is 71.6 Å². The van der Waals surface area contributed by atoms with E-state index in [0.717, 1.165) is 40.3 Å². The second kappa shape index (κ2) is 11.6. The molecule has 3 aromatic heterocycles. The van der Waals surface area contributed by atoms with E-state index >= 15 is 0 Å². The number of pyridine rings is 2. The molecule has 13 heteroatoms. The van der Waals surface area contributed by atoms with Crippen molar-refractivity contribution in [3.8, 4) is 11.5 Å². The average molecular weight is 565 g/mol. The average Bonchev–Trinajstić information content (AvgIpc) is 3.47. The number of aromatic nitrogens is 4. The van der Waals surface area contributed by atoms with Crippen LogP contribution in [0.3, 0.4) is 0 Å². The van der Waals surface area contributed by atoms with E-state index in [2.05, 4.69) is 25.4 Å². The van der Waals surface area contributed by atoms with E-state index in [-0.39, 0.29) is 11.9 Å². The van der Waals surface area contributed by atoms with Crippen molar-refractivity contribution in [1.29, 1.82) is 0 Å². The van der Waals surface area contributed by atoms with Crippen LogP contribution in [0.1, 0.15) is 24.7 Å². The van der Waals surface area contributed by atoms with E-state index < -0.39 is 12.1 Å². The van der Waals surface area contributed by atoms with Crippen LogP contribution in [0.5, 0.6) is 0 Å². The zero-order valence-electron chi connectivity index (χ0n) is 21.4. The van der Waals surface area contributed by atoms with Gasteiger partial charge >= 0.3 is 18.2 Å². The zero-order valence-corrected chi connectivity index (χ0v) is 21.4. The first kappa shape index (κ1) is 27.5. The first-order valence-electron chi connectivity index (χ1n) is 12.6. The predicted octanol–water partition coefficient (Wildman–Crippen LogP) is 5.88. The van der Waals surface area contributed by atoms with Crippen LogP contribution < -0.4 is 5.32 Å². The summed E-state index contributed by atoms with van der Waals surface area (Å²) < 4.78 is 37.3. The van der Waals surface area contributed by atoms with E-state index in [0.29, 0.717) is 30.5 Å². The molecule has 2 amide bonds. The number of nitrogens with zero attached hydrogens (tertiary/aromatic N) is 5. The molecule has 1 aliphatic heterocycles. The summed E-state index contributed by atoms with van der Waals surface area (Å²) in [6.07, 6.45) is -1.79. The van der Waals surface area contributed by atoms with Gasteiger partial charge < -0.3 is 19.8 Å². The number of benzene rings is 2. The Balaban J connectivity index is 0.000000431. The smallest absolute Gasteiger partial charge is 0.475 e. The Labute approximate surface area is 230 Å². The third-order valence-electron chi connectivity index (χ3n) is 6.50. The summed E-state index contributed by atoms with van der Waals surface area (Å²) >= 11 is 0. The fraction of sp³-hybridized carbons (Fsp3) is 0.214. The topological polar surface area (TPSA) is 134 Å². The molecule has 1 saturated heterocycles. The Morgan fingerprint density at radius 3 is 2.41 bits per heavy atom. The van der Waals surface area contributed by atoms with Crippen LogP contribution in [0.4, 0.5) is 23.7 Å². The number of amides is 2. The van der Waals surface area contributed by atoms with Gasteiger partial charge in [-0.1, -0.05) is 35.5 Å². The number of carboxylic acid groups (broad SMARTS) is 1. The number of hydrogen-bond donors (Lipinski definition) is 2. The second-order valence-electron chi connectivity index (χ2n) is 9.25. The third kappa shape index (κ3) is 6.57. The molecule has 0 unspecified atom stereocenters. The number of nitrogens with one attached hydrogen (secondary N) is 1. The molecule has 1 aliphatic rings. The minimum Gasteiger partial charge on any atom is -0.475 e. The van der Waals surface area contributed by atoms with Crippen LogP contribution >= 0.6 is 0 Å². The molecule has 0 radical (unpaired) electrons. The summed E-state index contributed by atoms with van der Waals surface area (Å²) in [6, 6.07) is 21.3. The molecule has 0 atom stereocenters. The van der Waals surface area contributed by atoms with Gasteiger partial charge in [-0.2, -0.15) is 18.2 Å². The lowest BCUT2D eigenvalue weighted by molar-refractivity contribution is -0.192. The highest BCUT2D eigenvalue weighted by Crippen LogP contribution is 2.29. The van der Waals surface area contributed by atoms with Crippen LogP contribution in [0.25, 0.3) is 33.3 Å². The number of fused-ring (bicyclic) bond motifs is 2. The Bertz CT molecular complexity index is 1700. The second-order valence-corrected chi connectivity index (χ2v) is 9.25. The zero-order chi connectivity index (χ0) is 29.0. The number of aliphatic carboxylic acids is 1. The van der Waals surface area contributed by atoms with Crippen LogP contribution in [-0.4, -0.2) is 61.4 Å². The van der Waals surface area contributed by atoms with Crippen LogP contribution in [0.15, 0.2) is 77.4 Å². The normalized spacial score (nSPS) is 14.0. The van der Waals surface area contributed by atoms with E-state index in [9.17, 15) is 18.0 Å². The van der Waals surface area contributed by atoms with Crippen molar-refractivity contribution in [1.82, 2.24) is 25.0 Å². The number of anilines is 1. The Morgan fingerprint density at radius 1 is 0.927 bits per heavy atom. The van der Waals surface area contributed by atoms with Crippen molar-refractivity contribution in [2.24, 2.45) is 0 Å². The van der Waals surface area contributed by atoms with Crippen molar-refractivity contribution in [2.75, 3.05) is 18.4 Å². The summed E-state index contributed by atoms with van der Waals surface area (Å²) in [6.45, 7) is 1.25. The lowest BCUT2D eigenvalue weighted by atomic mass is 9.97. The Morgan fingerprint density at radius 2 is 1.66 bits per heavy atom. The van der Waals surface area contributed by atoms with Gasteiger partial charge in [-0.3, -0.25) is 4.98 Å². The number of carbonyl (C=O) groups excluding carboxylic acids is 1. The monoisotopic (exact) mass is 564 g/mol. The van der Waals surface area contributed by atoms with Crippen molar-refractivity contribution in [3.63, 3.8) is 0 Å².